The molecular weight excluding hydrogens is 210 g/mol. The Kier molecular flexibility index (Phi) is 5.88. The summed E-state index contributed by atoms with van der Waals surface area (Å²) in [5.41, 5.74) is 2.16. The Balaban J connectivity index is 2.64. The van der Waals surface area contributed by atoms with Crippen molar-refractivity contribution in [3.63, 3.8) is 0 Å². The molecule has 96 valence electrons. The largest absolute Gasteiger partial charge is 0.506 e. The maximum absolute atomic E-state index is 9.81. The minimum atomic E-state index is 0.355. The van der Waals surface area contributed by atoms with Gasteiger partial charge in [0.2, 0.25) is 0 Å². The van der Waals surface area contributed by atoms with E-state index in [0.717, 1.165) is 24.9 Å². The molecule has 0 bridgehead atoms. The summed E-state index contributed by atoms with van der Waals surface area (Å²) in [6.45, 7) is 6.54. The number of rotatable bonds is 7. The second-order valence-electron chi connectivity index (χ2n) is 4.79. The Morgan fingerprint density at radius 2 is 2.00 bits per heavy atom. The summed E-state index contributed by atoms with van der Waals surface area (Å²) in [7, 11) is 0. The first kappa shape index (κ1) is 13.9. The molecule has 0 saturated carbocycles. The van der Waals surface area contributed by atoms with E-state index < -0.39 is 0 Å². The zero-order chi connectivity index (χ0) is 12.7. The lowest BCUT2D eigenvalue weighted by atomic mass is 10.1. The van der Waals surface area contributed by atoms with Crippen LogP contribution in [0.3, 0.4) is 0 Å². The highest BCUT2D eigenvalue weighted by atomic mass is 16.3. The number of anilines is 1. The van der Waals surface area contributed by atoms with Crippen molar-refractivity contribution in [1.82, 2.24) is 0 Å². The molecule has 1 aromatic carbocycles. The lowest BCUT2D eigenvalue weighted by molar-refractivity contribution is 0.475. The molecule has 0 aliphatic rings. The second kappa shape index (κ2) is 7.21. The predicted molar refractivity (Wildman–Crippen MR) is 74.7 cm³/mol. The summed E-state index contributed by atoms with van der Waals surface area (Å²) in [5, 5.41) is 13.2. The van der Waals surface area contributed by atoms with Crippen molar-refractivity contribution in [3.05, 3.63) is 23.8 Å². The normalized spacial score (nSPS) is 12.4. The van der Waals surface area contributed by atoms with Crippen LogP contribution in [0.2, 0.25) is 0 Å². The van der Waals surface area contributed by atoms with Crippen molar-refractivity contribution in [1.29, 1.82) is 0 Å². The van der Waals surface area contributed by atoms with Crippen LogP contribution >= 0.6 is 0 Å². The van der Waals surface area contributed by atoms with Gasteiger partial charge in [-0.25, -0.2) is 0 Å². The highest BCUT2D eigenvalue weighted by Crippen LogP contribution is 2.26. The van der Waals surface area contributed by atoms with Gasteiger partial charge in [-0.05, 0) is 37.5 Å². The van der Waals surface area contributed by atoms with Gasteiger partial charge in [0.15, 0.2) is 0 Å². The molecule has 0 heterocycles. The number of phenolic OH excluding ortho intramolecular Hbond substituents is 1. The fraction of sp³-hybridized carbons (Fsp3) is 0.600. The number of aryl methyl sites for hydroxylation is 1. The lowest BCUT2D eigenvalue weighted by Crippen LogP contribution is -2.15. The first-order chi connectivity index (χ1) is 8.17. The third kappa shape index (κ3) is 4.68. The van der Waals surface area contributed by atoms with Crippen LogP contribution in [0.4, 0.5) is 5.69 Å². The van der Waals surface area contributed by atoms with Crippen LogP contribution < -0.4 is 5.32 Å². The van der Waals surface area contributed by atoms with Gasteiger partial charge in [-0.3, -0.25) is 0 Å². The summed E-state index contributed by atoms with van der Waals surface area (Å²) in [6.07, 6.45) is 5.79. The first-order valence-electron chi connectivity index (χ1n) is 6.75. The number of phenols is 1. The molecule has 0 saturated heterocycles. The standard InChI is InChI=1S/C15H25NO/c1-4-6-8-12(3)16-14-11-13(7-5-2)9-10-15(14)17/h9-12,16-17H,4-8H2,1-3H3. The topological polar surface area (TPSA) is 32.3 Å². The molecule has 1 atom stereocenters. The lowest BCUT2D eigenvalue weighted by Gasteiger charge is -2.16. The van der Waals surface area contributed by atoms with Crippen LogP contribution in [-0.4, -0.2) is 11.1 Å². The minimum Gasteiger partial charge on any atom is -0.506 e. The van der Waals surface area contributed by atoms with Gasteiger partial charge in [0, 0.05) is 6.04 Å². The van der Waals surface area contributed by atoms with E-state index >= 15 is 0 Å². The average Bonchev–Trinajstić information content (AvgIpc) is 2.31. The van der Waals surface area contributed by atoms with Crippen LogP contribution in [0.1, 0.15) is 52.0 Å². The summed E-state index contributed by atoms with van der Waals surface area (Å²) < 4.78 is 0. The molecule has 0 radical (unpaired) electrons. The Bertz CT molecular complexity index is 336. The van der Waals surface area contributed by atoms with Gasteiger partial charge >= 0.3 is 0 Å². The van der Waals surface area contributed by atoms with Crippen LogP contribution in [-0.2, 0) is 6.42 Å². The fourth-order valence-corrected chi connectivity index (χ4v) is 1.99. The Morgan fingerprint density at radius 3 is 2.65 bits per heavy atom. The van der Waals surface area contributed by atoms with Crippen LogP contribution in [0.25, 0.3) is 0 Å². The molecule has 17 heavy (non-hydrogen) atoms. The number of nitrogens with one attached hydrogen (secondary N) is 1. The van der Waals surface area contributed by atoms with Crippen molar-refractivity contribution < 1.29 is 5.11 Å². The molecular formula is C15H25NO. The molecule has 0 aliphatic carbocycles. The summed E-state index contributed by atoms with van der Waals surface area (Å²) >= 11 is 0. The predicted octanol–water partition coefficient (Wildman–Crippen LogP) is 4.34. The van der Waals surface area contributed by atoms with E-state index in [1.165, 1.54) is 18.4 Å². The Hall–Kier alpha value is -1.18. The summed E-state index contributed by atoms with van der Waals surface area (Å²) in [6, 6.07) is 6.28. The highest BCUT2D eigenvalue weighted by Gasteiger charge is 2.06. The van der Waals surface area contributed by atoms with E-state index in [4.69, 9.17) is 0 Å². The SMILES string of the molecule is CCCCC(C)Nc1cc(CCC)ccc1O. The van der Waals surface area contributed by atoms with Crippen LogP contribution in [0.15, 0.2) is 18.2 Å². The average molecular weight is 235 g/mol. The van der Waals surface area contributed by atoms with Gasteiger partial charge in [-0.15, -0.1) is 0 Å². The van der Waals surface area contributed by atoms with Crippen LogP contribution in [0, 0.1) is 0 Å². The maximum Gasteiger partial charge on any atom is 0.138 e. The Morgan fingerprint density at radius 1 is 1.24 bits per heavy atom. The number of unbranched alkanes of at least 4 members (excludes halogenated alkanes) is 1. The number of hydrogen-bond acceptors (Lipinski definition) is 2. The van der Waals surface area contributed by atoms with Gasteiger partial charge in [0.25, 0.3) is 0 Å². The van der Waals surface area contributed by atoms with Crippen molar-refractivity contribution in [2.75, 3.05) is 5.32 Å². The molecule has 0 spiro atoms. The third-order valence-electron chi connectivity index (χ3n) is 2.99. The zero-order valence-electron chi connectivity index (χ0n) is 11.3. The van der Waals surface area contributed by atoms with Gasteiger partial charge in [-0.2, -0.15) is 0 Å². The Labute approximate surface area is 105 Å². The summed E-state index contributed by atoms with van der Waals surface area (Å²) in [4.78, 5) is 0. The molecule has 0 amide bonds. The number of aromatic hydroxyl groups is 1. The van der Waals surface area contributed by atoms with E-state index in [-0.39, 0.29) is 0 Å². The zero-order valence-corrected chi connectivity index (χ0v) is 11.3. The van der Waals surface area contributed by atoms with Gasteiger partial charge in [-0.1, -0.05) is 39.2 Å². The highest BCUT2D eigenvalue weighted by molar-refractivity contribution is 5.57. The van der Waals surface area contributed by atoms with Gasteiger partial charge in [0.1, 0.15) is 5.75 Å². The maximum atomic E-state index is 9.81. The molecule has 1 rings (SSSR count). The quantitative estimate of drug-likeness (QED) is 0.689. The number of benzene rings is 1. The molecule has 2 N–H and O–H groups in total. The van der Waals surface area contributed by atoms with Gasteiger partial charge < -0.3 is 10.4 Å². The molecule has 2 nitrogen and oxygen atoms in total. The smallest absolute Gasteiger partial charge is 0.138 e. The van der Waals surface area contributed by atoms with E-state index in [9.17, 15) is 5.11 Å². The minimum absolute atomic E-state index is 0.355. The molecule has 1 aromatic rings. The first-order valence-corrected chi connectivity index (χ1v) is 6.75. The molecule has 1 unspecified atom stereocenters. The van der Waals surface area contributed by atoms with Crippen molar-refractivity contribution in [2.45, 2.75) is 58.9 Å². The van der Waals surface area contributed by atoms with E-state index in [0.29, 0.717) is 11.8 Å². The van der Waals surface area contributed by atoms with E-state index in [1.54, 1.807) is 6.07 Å². The summed E-state index contributed by atoms with van der Waals surface area (Å²) in [5.74, 6) is 0.355. The molecule has 0 aliphatic heterocycles. The third-order valence-corrected chi connectivity index (χ3v) is 2.99. The molecule has 0 aromatic heterocycles. The van der Waals surface area contributed by atoms with Crippen LogP contribution in [0.5, 0.6) is 5.75 Å². The molecule has 2 heteroatoms. The van der Waals surface area contributed by atoms with Crippen molar-refractivity contribution in [3.8, 4) is 5.75 Å². The van der Waals surface area contributed by atoms with Crippen molar-refractivity contribution in [2.24, 2.45) is 0 Å². The number of hydrogen-bond donors (Lipinski definition) is 2. The monoisotopic (exact) mass is 235 g/mol. The molecule has 0 fully saturated rings. The van der Waals surface area contributed by atoms with E-state index in [1.807, 2.05) is 6.07 Å². The van der Waals surface area contributed by atoms with E-state index in [2.05, 4.69) is 32.2 Å². The fourth-order valence-electron chi connectivity index (χ4n) is 1.99. The second-order valence-corrected chi connectivity index (χ2v) is 4.79. The van der Waals surface area contributed by atoms with Gasteiger partial charge in [0.05, 0.1) is 5.69 Å². The van der Waals surface area contributed by atoms with Crippen molar-refractivity contribution >= 4 is 5.69 Å².